The highest BCUT2D eigenvalue weighted by Crippen LogP contribution is 2.45. The number of nitrogens with zero attached hydrogens (tertiary/aromatic N) is 2. The standard InChI is InChI=1S/C23H19F2N3O4S/c1-31-21(29)18-17(13-8-4-3-5-9-13)14(12-26)20(27)28(19(18)22(30)32-2)15-10-6-7-11-16(15)33-23(24)25/h3-11,17,23H,27H2,1-2H3. The molecule has 1 unspecified atom stereocenters. The number of allylic oxidation sites excluding steroid dienone is 1. The molecule has 1 atom stereocenters. The lowest BCUT2D eigenvalue weighted by Crippen LogP contribution is -2.41. The van der Waals surface area contributed by atoms with Crippen LogP contribution in [0.15, 0.2) is 82.2 Å². The lowest BCUT2D eigenvalue weighted by atomic mass is 9.81. The van der Waals surface area contributed by atoms with Gasteiger partial charge in [0.15, 0.2) is 0 Å². The van der Waals surface area contributed by atoms with E-state index in [-0.39, 0.29) is 45.0 Å². The Kier molecular flexibility index (Phi) is 7.35. The van der Waals surface area contributed by atoms with Crippen LogP contribution >= 0.6 is 11.8 Å². The van der Waals surface area contributed by atoms with Gasteiger partial charge in [0.05, 0.1) is 43.0 Å². The maximum Gasteiger partial charge on any atom is 0.355 e. The van der Waals surface area contributed by atoms with Crippen molar-refractivity contribution in [3.8, 4) is 6.07 Å². The minimum atomic E-state index is -2.76. The zero-order valence-electron chi connectivity index (χ0n) is 17.6. The molecule has 0 fully saturated rings. The fourth-order valence-corrected chi connectivity index (χ4v) is 4.23. The molecule has 0 aliphatic carbocycles. The Morgan fingerprint density at radius 1 is 1.06 bits per heavy atom. The minimum absolute atomic E-state index is 0.0499. The van der Waals surface area contributed by atoms with Crippen molar-refractivity contribution in [2.24, 2.45) is 5.73 Å². The molecular formula is C23H19F2N3O4S. The molecule has 1 heterocycles. The Hall–Kier alpha value is -3.84. The molecular weight excluding hydrogens is 452 g/mol. The summed E-state index contributed by atoms with van der Waals surface area (Å²) >= 11 is 0.237. The van der Waals surface area contributed by atoms with Crippen molar-refractivity contribution >= 4 is 29.4 Å². The quantitative estimate of drug-likeness (QED) is 0.500. The zero-order chi connectivity index (χ0) is 24.1. The number of carbonyl (C=O) groups excluding carboxylic acids is 2. The third-order valence-corrected chi connectivity index (χ3v) is 5.71. The molecule has 1 aliphatic rings. The first kappa shape index (κ1) is 23.8. The average molecular weight is 471 g/mol. The largest absolute Gasteiger partial charge is 0.466 e. The third-order valence-electron chi connectivity index (χ3n) is 4.93. The van der Waals surface area contributed by atoms with E-state index in [9.17, 15) is 23.6 Å². The predicted molar refractivity (Wildman–Crippen MR) is 118 cm³/mol. The number of benzene rings is 2. The number of esters is 2. The van der Waals surface area contributed by atoms with Gasteiger partial charge >= 0.3 is 11.9 Å². The van der Waals surface area contributed by atoms with Crippen LogP contribution in [0.1, 0.15) is 11.5 Å². The smallest absolute Gasteiger partial charge is 0.355 e. The summed E-state index contributed by atoms with van der Waals surface area (Å²) in [6.45, 7) is 0. The Morgan fingerprint density at radius 3 is 2.24 bits per heavy atom. The van der Waals surface area contributed by atoms with E-state index in [1.807, 2.05) is 6.07 Å². The lowest BCUT2D eigenvalue weighted by molar-refractivity contribution is -0.139. The topological polar surface area (TPSA) is 106 Å². The van der Waals surface area contributed by atoms with Crippen LogP contribution < -0.4 is 10.6 Å². The maximum atomic E-state index is 13.2. The highest BCUT2D eigenvalue weighted by Gasteiger charge is 2.43. The van der Waals surface area contributed by atoms with E-state index >= 15 is 0 Å². The number of hydrogen-bond donors (Lipinski definition) is 1. The Bertz CT molecular complexity index is 1180. The fraction of sp³-hybridized carbons (Fsp3) is 0.174. The molecule has 0 bridgehead atoms. The SMILES string of the molecule is COC(=O)C1=C(C(=O)OC)N(c2ccccc2SC(F)F)C(N)=C(C#N)C1c1ccccc1. The molecule has 0 saturated carbocycles. The molecule has 1 aliphatic heterocycles. The molecule has 33 heavy (non-hydrogen) atoms. The Labute approximate surface area is 193 Å². The van der Waals surface area contributed by atoms with Gasteiger partial charge in [-0.1, -0.05) is 54.2 Å². The molecule has 10 heteroatoms. The number of methoxy groups -OCH3 is 2. The van der Waals surface area contributed by atoms with E-state index in [0.717, 1.165) is 19.1 Å². The molecule has 2 N–H and O–H groups in total. The molecule has 2 aromatic carbocycles. The van der Waals surface area contributed by atoms with Gasteiger partial charge in [-0.2, -0.15) is 14.0 Å². The van der Waals surface area contributed by atoms with Gasteiger partial charge in [0.1, 0.15) is 11.5 Å². The summed E-state index contributed by atoms with van der Waals surface area (Å²) in [5.74, 6) is -5.84. The van der Waals surface area contributed by atoms with Crippen LogP contribution in [0, 0.1) is 11.3 Å². The van der Waals surface area contributed by atoms with Crippen molar-refractivity contribution in [3.05, 3.63) is 82.8 Å². The number of rotatable bonds is 6. The summed E-state index contributed by atoms with van der Waals surface area (Å²) < 4.78 is 36.4. The predicted octanol–water partition coefficient (Wildman–Crippen LogP) is 3.90. The lowest BCUT2D eigenvalue weighted by Gasteiger charge is -2.36. The number of nitrogens with two attached hydrogens (primary N) is 1. The summed E-state index contributed by atoms with van der Waals surface area (Å²) in [5, 5.41) is 10.00. The van der Waals surface area contributed by atoms with Crippen molar-refractivity contribution in [2.45, 2.75) is 16.6 Å². The molecule has 170 valence electrons. The van der Waals surface area contributed by atoms with Crippen molar-refractivity contribution in [3.63, 3.8) is 0 Å². The molecule has 0 spiro atoms. The Balaban J connectivity index is 2.41. The summed E-state index contributed by atoms with van der Waals surface area (Å²) in [7, 11) is 2.24. The molecule has 0 amide bonds. The number of nitriles is 1. The first-order valence-electron chi connectivity index (χ1n) is 9.55. The average Bonchev–Trinajstić information content (AvgIpc) is 2.83. The van der Waals surface area contributed by atoms with Gasteiger partial charge in [0, 0.05) is 4.90 Å². The highest BCUT2D eigenvalue weighted by atomic mass is 32.2. The second-order valence-corrected chi connectivity index (χ2v) is 7.71. The zero-order valence-corrected chi connectivity index (χ0v) is 18.4. The molecule has 7 nitrogen and oxygen atoms in total. The van der Waals surface area contributed by atoms with Crippen molar-refractivity contribution in [2.75, 3.05) is 19.1 Å². The van der Waals surface area contributed by atoms with E-state index < -0.39 is 23.6 Å². The van der Waals surface area contributed by atoms with Crippen LogP contribution in [0.4, 0.5) is 14.5 Å². The van der Waals surface area contributed by atoms with Crippen molar-refractivity contribution in [1.82, 2.24) is 0 Å². The van der Waals surface area contributed by atoms with E-state index in [4.69, 9.17) is 15.2 Å². The van der Waals surface area contributed by atoms with Gasteiger partial charge < -0.3 is 15.2 Å². The number of ether oxygens (including phenoxy) is 2. The van der Waals surface area contributed by atoms with Crippen molar-refractivity contribution < 1.29 is 27.8 Å². The summed E-state index contributed by atoms with van der Waals surface area (Å²) in [5.41, 5.74) is 6.40. The van der Waals surface area contributed by atoms with E-state index in [1.54, 1.807) is 42.5 Å². The van der Waals surface area contributed by atoms with E-state index in [2.05, 4.69) is 0 Å². The number of alkyl halides is 2. The monoisotopic (exact) mass is 471 g/mol. The van der Waals surface area contributed by atoms with Crippen LogP contribution in [-0.4, -0.2) is 31.9 Å². The number of halogens is 2. The van der Waals surface area contributed by atoms with Crippen LogP contribution in [0.2, 0.25) is 0 Å². The molecule has 0 radical (unpaired) electrons. The number of hydrogen-bond acceptors (Lipinski definition) is 8. The first-order valence-corrected chi connectivity index (χ1v) is 10.4. The number of thioether (sulfide) groups is 1. The van der Waals surface area contributed by atoms with Gasteiger partial charge in [-0.25, -0.2) is 9.59 Å². The van der Waals surface area contributed by atoms with Gasteiger partial charge in [-0.3, -0.25) is 4.90 Å². The van der Waals surface area contributed by atoms with Crippen LogP contribution in [0.5, 0.6) is 0 Å². The number of para-hydroxylation sites is 1. The second-order valence-electron chi connectivity index (χ2n) is 6.68. The maximum absolute atomic E-state index is 13.2. The van der Waals surface area contributed by atoms with Crippen LogP contribution in [0.25, 0.3) is 0 Å². The van der Waals surface area contributed by atoms with E-state index in [1.165, 1.54) is 12.1 Å². The fourth-order valence-electron chi connectivity index (χ4n) is 3.60. The molecule has 0 saturated heterocycles. The van der Waals surface area contributed by atoms with Gasteiger partial charge in [0.25, 0.3) is 5.76 Å². The van der Waals surface area contributed by atoms with Gasteiger partial charge in [-0.15, -0.1) is 0 Å². The van der Waals surface area contributed by atoms with Crippen molar-refractivity contribution in [1.29, 1.82) is 5.26 Å². The number of carbonyl (C=O) groups is 2. The molecule has 3 rings (SSSR count). The Morgan fingerprint density at radius 2 is 1.67 bits per heavy atom. The van der Waals surface area contributed by atoms with Gasteiger partial charge in [-0.05, 0) is 17.7 Å². The molecule has 2 aromatic rings. The second kappa shape index (κ2) is 10.2. The first-order chi connectivity index (χ1) is 15.8. The van der Waals surface area contributed by atoms with Crippen LogP contribution in [-0.2, 0) is 19.1 Å². The normalized spacial score (nSPS) is 16.0. The third kappa shape index (κ3) is 4.54. The van der Waals surface area contributed by atoms with E-state index in [0.29, 0.717) is 5.56 Å². The summed E-state index contributed by atoms with van der Waals surface area (Å²) in [6, 6.07) is 16.5. The summed E-state index contributed by atoms with van der Waals surface area (Å²) in [6.07, 6.45) is 0. The number of anilines is 1. The summed E-state index contributed by atoms with van der Waals surface area (Å²) in [4.78, 5) is 27.1. The highest BCUT2D eigenvalue weighted by molar-refractivity contribution is 7.99. The van der Waals surface area contributed by atoms with Crippen LogP contribution in [0.3, 0.4) is 0 Å². The van der Waals surface area contributed by atoms with Gasteiger partial charge in [0.2, 0.25) is 0 Å². The minimum Gasteiger partial charge on any atom is -0.466 e. The molecule has 0 aromatic heterocycles.